The number of amides is 6. The molecule has 2 aromatic heterocycles. The van der Waals surface area contributed by atoms with Crippen LogP contribution in [0.15, 0.2) is 54.7 Å². The van der Waals surface area contributed by atoms with E-state index in [0.717, 1.165) is 5.56 Å². The van der Waals surface area contributed by atoms with Gasteiger partial charge in [0.15, 0.2) is 17.3 Å². The Morgan fingerprint density at radius 2 is 1.72 bits per heavy atom. The van der Waals surface area contributed by atoms with Gasteiger partial charge in [0.2, 0.25) is 29.5 Å². The molecule has 426 valence electrons. The molecule has 0 spiro atoms. The summed E-state index contributed by atoms with van der Waals surface area (Å²) in [6, 6.07) is 12.6. The molecular weight excluding hydrogens is 1020 g/mol. The molecule has 8 N–H and O–H groups in total. The van der Waals surface area contributed by atoms with Crippen LogP contribution in [0, 0.1) is 22.6 Å². The van der Waals surface area contributed by atoms with E-state index in [0.29, 0.717) is 59.7 Å². The molecule has 23 heteroatoms. The number of nitrogens with one attached hydrogen (secondary N) is 6. The summed E-state index contributed by atoms with van der Waals surface area (Å²) in [5.74, 6) is -2.23. The Morgan fingerprint density at radius 3 is 2.39 bits per heavy atom. The zero-order valence-corrected chi connectivity index (χ0v) is 46.6. The summed E-state index contributed by atoms with van der Waals surface area (Å²) < 4.78 is 27.4. The van der Waals surface area contributed by atoms with Gasteiger partial charge in [0.05, 0.1) is 74.7 Å². The van der Waals surface area contributed by atoms with Gasteiger partial charge in [-0.3, -0.25) is 33.4 Å². The number of rotatable bonds is 21. The highest BCUT2D eigenvalue weighted by molar-refractivity contribution is 5.96. The van der Waals surface area contributed by atoms with Crippen LogP contribution in [0.25, 0.3) is 11.3 Å². The summed E-state index contributed by atoms with van der Waals surface area (Å²) in [4.78, 5) is 93.7. The normalized spacial score (nSPS) is 17.8. The maximum atomic E-state index is 14.6. The summed E-state index contributed by atoms with van der Waals surface area (Å²) in [5, 5.41) is 32.8. The van der Waals surface area contributed by atoms with Crippen LogP contribution in [0.5, 0.6) is 0 Å². The molecule has 0 saturated carbocycles. The zero-order chi connectivity index (χ0) is 57.4. The molecule has 6 atom stereocenters. The van der Waals surface area contributed by atoms with Crippen molar-refractivity contribution in [2.75, 3.05) is 71.2 Å². The van der Waals surface area contributed by atoms with Crippen LogP contribution in [0.3, 0.4) is 0 Å². The largest absolute Gasteiger partial charge is 0.381 e. The molecule has 0 aliphatic carbocycles. The molecule has 2 aromatic carbocycles. The first kappa shape index (κ1) is 60.7. The number of aromatic nitrogens is 4. The Balaban J connectivity index is 0.986. The van der Waals surface area contributed by atoms with Crippen molar-refractivity contribution in [3.05, 3.63) is 88.6 Å². The Hall–Kier alpha value is -7.55. The molecular formula is C56H77FN14O8. The van der Waals surface area contributed by atoms with Gasteiger partial charge in [-0.15, -0.1) is 0 Å². The van der Waals surface area contributed by atoms with Crippen molar-refractivity contribution >= 4 is 47.1 Å². The summed E-state index contributed by atoms with van der Waals surface area (Å²) in [7, 11) is 3.26. The topological polar surface area (TPSA) is 293 Å². The van der Waals surface area contributed by atoms with Crippen LogP contribution in [0.1, 0.15) is 125 Å². The zero-order valence-electron chi connectivity index (χ0n) is 46.6. The lowest BCUT2D eigenvalue weighted by molar-refractivity contribution is -0.144. The molecule has 0 radical (unpaired) electrons. The summed E-state index contributed by atoms with van der Waals surface area (Å²) in [5.41, 5.74) is 8.52. The van der Waals surface area contributed by atoms with E-state index in [2.05, 4.69) is 48.1 Å². The lowest BCUT2D eigenvalue weighted by atomic mass is 9.85. The number of likely N-dealkylation sites (tertiary alicyclic amines) is 1. The van der Waals surface area contributed by atoms with Gasteiger partial charge in [0.1, 0.15) is 24.0 Å². The highest BCUT2D eigenvalue weighted by Crippen LogP contribution is 2.32. The molecule has 2 aliphatic rings. The molecule has 6 amide bonds. The summed E-state index contributed by atoms with van der Waals surface area (Å²) in [6.45, 7) is 12.3. The predicted octanol–water partition coefficient (Wildman–Crippen LogP) is 3.94. The Morgan fingerprint density at radius 1 is 1.01 bits per heavy atom. The van der Waals surface area contributed by atoms with Crippen molar-refractivity contribution in [1.29, 1.82) is 5.26 Å². The highest BCUT2D eigenvalue weighted by Gasteiger charge is 2.46. The minimum Gasteiger partial charge on any atom is -0.381 e. The fraction of sp³-hybridized carbons (Fsp3) is 0.536. The summed E-state index contributed by atoms with van der Waals surface area (Å²) in [6.07, 6.45) is 3.55. The number of fused-ring (bicyclic) bond motifs is 5. The van der Waals surface area contributed by atoms with Crippen LogP contribution >= 0.6 is 0 Å². The van der Waals surface area contributed by atoms with E-state index >= 15 is 0 Å². The number of nitrogens with zero attached hydrogens (tertiary/aromatic N) is 7. The van der Waals surface area contributed by atoms with E-state index in [4.69, 9.17) is 20.2 Å². The SMILES string of the molecule is CC[C@H](NC(=O)[C@H]1C[C@@H](NC(=O)CCOCCOCCC(=O)NCCn2nc(C#N)c3c2CN(C)C(=O)c2ccc(F)cc2[C@H](C)CCCNc2nc-3cnc2N)CN1C(=O)[C@H](NC(=O)[C@@H](C)NC)C(C)(C)C)c1ccccc1. The van der Waals surface area contributed by atoms with E-state index < -0.39 is 41.3 Å². The number of nitrogen functional groups attached to an aromatic ring is 1. The van der Waals surface area contributed by atoms with Crippen molar-refractivity contribution in [1.82, 2.24) is 56.1 Å². The molecule has 22 nitrogen and oxygen atoms in total. The van der Waals surface area contributed by atoms with Crippen molar-refractivity contribution in [3.63, 3.8) is 0 Å². The third kappa shape index (κ3) is 16.3. The smallest absolute Gasteiger partial charge is 0.254 e. The van der Waals surface area contributed by atoms with E-state index in [1.165, 1.54) is 34.2 Å². The number of halogens is 1. The van der Waals surface area contributed by atoms with E-state index in [1.807, 2.05) is 65.0 Å². The quantitative estimate of drug-likeness (QED) is 0.0582. The maximum absolute atomic E-state index is 14.6. The number of ether oxygens (including phenoxy) is 2. The first-order valence-corrected chi connectivity index (χ1v) is 27.0. The first-order valence-electron chi connectivity index (χ1n) is 27.0. The first-order chi connectivity index (χ1) is 37.7. The molecule has 1 saturated heterocycles. The number of carbonyl (C=O) groups is 6. The van der Waals surface area contributed by atoms with Gasteiger partial charge >= 0.3 is 0 Å². The van der Waals surface area contributed by atoms with Gasteiger partial charge in [0, 0.05) is 51.1 Å². The second-order valence-electron chi connectivity index (χ2n) is 21.1. The van der Waals surface area contributed by atoms with Gasteiger partial charge in [0.25, 0.3) is 5.91 Å². The van der Waals surface area contributed by atoms with Crippen molar-refractivity contribution in [3.8, 4) is 17.3 Å². The molecule has 0 unspecified atom stereocenters. The van der Waals surface area contributed by atoms with Gasteiger partial charge in [-0.2, -0.15) is 10.4 Å². The molecule has 79 heavy (non-hydrogen) atoms. The van der Waals surface area contributed by atoms with Crippen LogP contribution < -0.4 is 37.6 Å². The number of likely N-dealkylation sites (N-methyl/N-ethyl adjacent to an activating group) is 1. The molecule has 6 rings (SSSR count). The van der Waals surface area contributed by atoms with Crippen LogP contribution in [0.2, 0.25) is 0 Å². The van der Waals surface area contributed by atoms with E-state index in [-0.39, 0.29) is 125 Å². The fourth-order valence-corrected chi connectivity index (χ4v) is 9.61. The van der Waals surface area contributed by atoms with Gasteiger partial charge < -0.3 is 56.9 Å². The lowest BCUT2D eigenvalue weighted by Gasteiger charge is -2.36. The fourth-order valence-electron chi connectivity index (χ4n) is 9.61. The number of nitrogens with two attached hydrogens (primary N) is 1. The van der Waals surface area contributed by atoms with Crippen LogP contribution in [-0.4, -0.2) is 149 Å². The maximum Gasteiger partial charge on any atom is 0.254 e. The highest BCUT2D eigenvalue weighted by atomic mass is 19.1. The minimum absolute atomic E-state index is 0.000208. The Labute approximate surface area is 461 Å². The van der Waals surface area contributed by atoms with Crippen LogP contribution in [-0.2, 0) is 46.5 Å². The van der Waals surface area contributed by atoms with Gasteiger partial charge in [-0.25, -0.2) is 14.4 Å². The number of benzene rings is 2. The minimum atomic E-state index is -0.956. The lowest BCUT2D eigenvalue weighted by Crippen LogP contribution is -2.59. The molecule has 4 aromatic rings. The third-order valence-corrected chi connectivity index (χ3v) is 14.2. The Kier molecular flexibility index (Phi) is 21.8. The molecule has 4 heterocycles. The molecule has 2 bridgehead atoms. The van der Waals surface area contributed by atoms with Gasteiger partial charge in [-0.05, 0) is 80.3 Å². The number of anilines is 2. The number of hydrogen-bond donors (Lipinski definition) is 7. The van der Waals surface area contributed by atoms with Crippen LogP contribution in [0.4, 0.5) is 16.0 Å². The van der Waals surface area contributed by atoms with Crippen molar-refractivity contribution < 1.29 is 42.6 Å². The third-order valence-electron chi connectivity index (χ3n) is 14.2. The van der Waals surface area contributed by atoms with Crippen molar-refractivity contribution in [2.24, 2.45) is 5.41 Å². The number of hydrogen-bond acceptors (Lipinski definition) is 15. The average Bonchev–Trinajstić information content (AvgIpc) is 4.09. The molecule has 1 fully saturated rings. The average molecular weight is 1090 g/mol. The Bertz CT molecular complexity index is 2820. The van der Waals surface area contributed by atoms with E-state index in [1.54, 1.807) is 25.7 Å². The predicted molar refractivity (Wildman–Crippen MR) is 294 cm³/mol. The monoisotopic (exact) mass is 1090 g/mol. The number of nitriles is 1. The summed E-state index contributed by atoms with van der Waals surface area (Å²) >= 11 is 0. The molecule has 2 aliphatic heterocycles. The second kappa shape index (κ2) is 28.4. The number of carbonyl (C=O) groups excluding carboxylic acids is 6. The van der Waals surface area contributed by atoms with Crippen molar-refractivity contribution in [2.45, 2.75) is 129 Å². The standard InChI is InChI=1S/C56H77FN14O8/c1-9-41(36-15-11-10-12-16-36)66-53(75)44-29-38(32-70(44)55(77)49(56(4,5)6)67-52(74)35(3)60-7)64-47(73)20-25-79-27-26-78-24-19-46(72)61-22-23-71-45-33-69(8)54(76)39-18-17-37(57)28-40(39)34(2)14-13-21-62-51-50(59)63-31-43(65-51)48(45)42(30-58)68-71/h10-12,15-18,28,31,34-35,38,41,44,49,60H,9,13-14,19-27,29,32-33H2,1-8H3,(H2,59,63)(H,61,72)(H,62,65)(H,64,73)(H,66,75)(H,67,74)/t34-,35-,38-,41+,44-,49+/m1/s1. The van der Waals surface area contributed by atoms with E-state index in [9.17, 15) is 38.4 Å². The van der Waals surface area contributed by atoms with Gasteiger partial charge in [-0.1, -0.05) is 65.0 Å². The second-order valence-corrected chi connectivity index (χ2v) is 21.1.